The Balaban J connectivity index is 1.45. The topological polar surface area (TPSA) is 52.7 Å². The summed E-state index contributed by atoms with van der Waals surface area (Å²) in [5.41, 5.74) is 0.604. The molecule has 8 heteroatoms. The van der Waals surface area contributed by atoms with Crippen molar-refractivity contribution in [1.29, 1.82) is 0 Å². The number of carbonyl (C=O) groups excluding carboxylic acids is 2. The molecule has 1 aromatic rings. The number of hydrogen-bond acceptors (Lipinski definition) is 3. The summed E-state index contributed by atoms with van der Waals surface area (Å²) in [6.45, 7) is 2.72. The number of para-hydroxylation sites is 1. The fraction of sp³-hybridized carbons (Fsp3) is 0.500. The van der Waals surface area contributed by atoms with Crippen LogP contribution >= 0.6 is 34.8 Å². The van der Waals surface area contributed by atoms with E-state index in [-0.39, 0.29) is 24.3 Å². The second-order valence-electron chi connectivity index (χ2n) is 6.15. The zero-order valence-corrected chi connectivity index (χ0v) is 15.2. The Kier molecular flexibility index (Phi) is 5.25. The number of nitrogens with one attached hydrogen (secondary N) is 1. The fourth-order valence-electron chi connectivity index (χ4n) is 2.78. The Morgan fingerprint density at radius 2 is 1.79 bits per heavy atom. The van der Waals surface area contributed by atoms with Gasteiger partial charge in [-0.05, 0) is 18.6 Å². The van der Waals surface area contributed by atoms with Crippen LogP contribution in [-0.2, 0) is 9.59 Å². The average Bonchev–Trinajstić information content (AvgIpc) is 3.18. The lowest BCUT2D eigenvalue weighted by molar-refractivity contribution is -0.134. The Labute approximate surface area is 155 Å². The molecule has 2 fully saturated rings. The molecular formula is C16H18Cl3N3O2. The lowest BCUT2D eigenvalue weighted by Crippen LogP contribution is -2.51. The third-order valence-corrected chi connectivity index (χ3v) is 5.49. The molecule has 1 atom stereocenters. The van der Waals surface area contributed by atoms with Gasteiger partial charge in [0.2, 0.25) is 11.8 Å². The predicted octanol–water partition coefficient (Wildman–Crippen LogP) is 2.62. The van der Waals surface area contributed by atoms with E-state index in [1.807, 2.05) is 17.0 Å². The first-order valence-corrected chi connectivity index (χ1v) is 8.93. The van der Waals surface area contributed by atoms with Crippen molar-refractivity contribution >= 4 is 52.3 Å². The summed E-state index contributed by atoms with van der Waals surface area (Å²) in [7, 11) is 0. The van der Waals surface area contributed by atoms with Crippen LogP contribution in [0.1, 0.15) is 6.42 Å². The van der Waals surface area contributed by atoms with Crippen LogP contribution in [0.3, 0.4) is 0 Å². The Morgan fingerprint density at radius 1 is 1.17 bits per heavy atom. The first kappa shape index (κ1) is 17.8. The minimum atomic E-state index is -0.886. The van der Waals surface area contributed by atoms with Crippen molar-refractivity contribution in [3.63, 3.8) is 0 Å². The lowest BCUT2D eigenvalue weighted by atomic mass is 10.2. The highest BCUT2D eigenvalue weighted by Gasteiger charge is 2.57. The van der Waals surface area contributed by atoms with Gasteiger partial charge in [-0.25, -0.2) is 0 Å². The van der Waals surface area contributed by atoms with Gasteiger partial charge in [-0.3, -0.25) is 14.5 Å². The van der Waals surface area contributed by atoms with Gasteiger partial charge in [0.1, 0.15) is 4.33 Å². The van der Waals surface area contributed by atoms with Gasteiger partial charge in [0.15, 0.2) is 0 Å². The zero-order chi connectivity index (χ0) is 17.3. The van der Waals surface area contributed by atoms with E-state index in [9.17, 15) is 9.59 Å². The Bertz CT molecular complexity index is 645. The van der Waals surface area contributed by atoms with Crippen LogP contribution in [0.5, 0.6) is 0 Å². The number of hydrogen-bond donors (Lipinski definition) is 1. The highest BCUT2D eigenvalue weighted by atomic mass is 35.5. The van der Waals surface area contributed by atoms with Crippen LogP contribution in [-0.4, -0.2) is 58.7 Å². The fourth-order valence-corrected chi connectivity index (χ4v) is 3.46. The molecule has 0 radical (unpaired) electrons. The summed E-state index contributed by atoms with van der Waals surface area (Å²) in [4.78, 5) is 28.1. The van der Waals surface area contributed by atoms with Crippen LogP contribution in [0.2, 0.25) is 5.02 Å². The number of halogens is 3. The third-order valence-electron chi connectivity index (χ3n) is 4.32. The van der Waals surface area contributed by atoms with Crippen LogP contribution in [0.15, 0.2) is 24.3 Å². The maximum atomic E-state index is 12.2. The molecule has 3 rings (SSSR count). The normalized spacial score (nSPS) is 23.0. The van der Waals surface area contributed by atoms with Gasteiger partial charge in [0.05, 0.1) is 23.2 Å². The molecular weight excluding hydrogens is 373 g/mol. The van der Waals surface area contributed by atoms with Gasteiger partial charge >= 0.3 is 0 Å². The van der Waals surface area contributed by atoms with E-state index in [0.29, 0.717) is 43.3 Å². The molecule has 1 saturated carbocycles. The lowest BCUT2D eigenvalue weighted by Gasteiger charge is -2.34. The van der Waals surface area contributed by atoms with Crippen molar-refractivity contribution in [3.05, 3.63) is 29.3 Å². The Hall–Kier alpha value is -1.01. The summed E-state index contributed by atoms with van der Waals surface area (Å²) < 4.78 is -0.886. The number of anilines is 1. The largest absolute Gasteiger partial charge is 0.340 e. The molecule has 1 aliphatic heterocycles. The quantitative estimate of drug-likeness (QED) is 0.804. The van der Waals surface area contributed by atoms with Gasteiger partial charge < -0.3 is 10.2 Å². The van der Waals surface area contributed by atoms with Gasteiger partial charge in [0, 0.05) is 26.2 Å². The first-order chi connectivity index (χ1) is 11.4. The van der Waals surface area contributed by atoms with Gasteiger partial charge in [0.25, 0.3) is 0 Å². The molecule has 5 nitrogen and oxygen atoms in total. The molecule has 24 heavy (non-hydrogen) atoms. The highest BCUT2D eigenvalue weighted by Crippen LogP contribution is 2.53. The summed E-state index contributed by atoms with van der Waals surface area (Å²) in [6, 6.07) is 7.12. The maximum absolute atomic E-state index is 12.2. The number of carbonyl (C=O) groups is 2. The third kappa shape index (κ3) is 4.14. The number of amides is 2. The molecule has 2 amide bonds. The smallest absolute Gasteiger partial charge is 0.238 e. The number of benzene rings is 1. The van der Waals surface area contributed by atoms with Crippen molar-refractivity contribution in [2.75, 3.05) is 38.0 Å². The van der Waals surface area contributed by atoms with E-state index in [1.165, 1.54) is 0 Å². The minimum absolute atomic E-state index is 0.0140. The van der Waals surface area contributed by atoms with E-state index in [2.05, 4.69) is 5.32 Å². The molecule has 1 N–H and O–H groups in total. The van der Waals surface area contributed by atoms with Crippen LogP contribution < -0.4 is 5.32 Å². The van der Waals surface area contributed by atoms with Crippen molar-refractivity contribution in [2.24, 2.45) is 5.92 Å². The summed E-state index contributed by atoms with van der Waals surface area (Å²) in [5, 5.41) is 3.31. The second kappa shape index (κ2) is 7.08. The molecule has 1 aliphatic carbocycles. The number of rotatable bonds is 4. The number of nitrogens with zero attached hydrogens (tertiary/aromatic N) is 2. The molecule has 0 bridgehead atoms. The van der Waals surface area contributed by atoms with Crippen LogP contribution in [0.25, 0.3) is 0 Å². The van der Waals surface area contributed by atoms with Crippen molar-refractivity contribution < 1.29 is 9.59 Å². The first-order valence-electron chi connectivity index (χ1n) is 7.80. The molecule has 130 valence electrons. The monoisotopic (exact) mass is 389 g/mol. The SMILES string of the molecule is O=C(CN1CCN(C(=O)[C@H]2CC2(Cl)Cl)CC1)Nc1ccccc1Cl. The van der Waals surface area contributed by atoms with Crippen molar-refractivity contribution in [2.45, 2.75) is 10.8 Å². The van der Waals surface area contributed by atoms with Crippen molar-refractivity contribution in [1.82, 2.24) is 9.80 Å². The summed E-state index contributed by atoms with van der Waals surface area (Å²) in [5.74, 6) is -0.387. The van der Waals surface area contributed by atoms with E-state index in [4.69, 9.17) is 34.8 Å². The summed E-state index contributed by atoms with van der Waals surface area (Å²) >= 11 is 17.9. The molecule has 0 aromatic heterocycles. The van der Waals surface area contributed by atoms with Crippen LogP contribution in [0, 0.1) is 5.92 Å². The second-order valence-corrected chi connectivity index (χ2v) is 8.10. The number of piperazine rings is 1. The average molecular weight is 391 g/mol. The standard InChI is InChI=1S/C16H18Cl3N3O2/c17-12-3-1-2-4-13(12)20-14(23)10-21-5-7-22(8-6-21)15(24)11-9-16(11,18)19/h1-4,11H,5-10H2,(H,20,23)/t11-/m1/s1. The van der Waals surface area contributed by atoms with Gasteiger partial charge in [-0.15, -0.1) is 23.2 Å². The summed E-state index contributed by atoms with van der Waals surface area (Å²) in [6.07, 6.45) is 0.523. The molecule has 1 heterocycles. The van der Waals surface area contributed by atoms with E-state index in [1.54, 1.807) is 17.0 Å². The maximum Gasteiger partial charge on any atom is 0.238 e. The van der Waals surface area contributed by atoms with E-state index in [0.717, 1.165) is 0 Å². The van der Waals surface area contributed by atoms with Gasteiger partial charge in [-0.1, -0.05) is 23.7 Å². The molecule has 1 saturated heterocycles. The molecule has 0 spiro atoms. The molecule has 0 unspecified atom stereocenters. The van der Waals surface area contributed by atoms with Crippen molar-refractivity contribution in [3.8, 4) is 0 Å². The predicted molar refractivity (Wildman–Crippen MR) is 95.6 cm³/mol. The van der Waals surface area contributed by atoms with Crippen LogP contribution in [0.4, 0.5) is 5.69 Å². The highest BCUT2D eigenvalue weighted by molar-refractivity contribution is 6.52. The zero-order valence-electron chi connectivity index (χ0n) is 13.0. The van der Waals surface area contributed by atoms with E-state index >= 15 is 0 Å². The molecule has 2 aliphatic rings. The Morgan fingerprint density at radius 3 is 2.38 bits per heavy atom. The van der Waals surface area contributed by atoms with Gasteiger partial charge in [-0.2, -0.15) is 0 Å². The number of alkyl halides is 2. The van der Waals surface area contributed by atoms with E-state index < -0.39 is 4.33 Å². The minimum Gasteiger partial charge on any atom is -0.340 e. The molecule has 1 aromatic carbocycles.